The van der Waals surface area contributed by atoms with Crippen molar-refractivity contribution in [1.29, 1.82) is 0 Å². The van der Waals surface area contributed by atoms with Gasteiger partial charge < -0.3 is 29.6 Å². The lowest BCUT2D eigenvalue weighted by molar-refractivity contribution is -0.179. The van der Waals surface area contributed by atoms with E-state index in [4.69, 9.17) is 42.1 Å². The number of hydrogen-bond donors (Lipinski definition) is 2. The highest BCUT2D eigenvalue weighted by Crippen LogP contribution is 2.45. The van der Waals surface area contributed by atoms with Gasteiger partial charge in [-0.15, -0.1) is 11.6 Å². The van der Waals surface area contributed by atoms with E-state index in [1.165, 1.54) is 13.2 Å². The Morgan fingerprint density at radius 1 is 1.00 bits per heavy atom. The highest BCUT2D eigenvalue weighted by molar-refractivity contribution is 6.32. The average molecular weight is 718 g/mol. The number of rotatable bonds is 9. The number of cyclic esters (lactones) is 2. The Kier molecular flexibility index (Phi) is 13.2. The second-order valence-electron chi connectivity index (χ2n) is 13.7. The maximum absolute atomic E-state index is 13.6. The van der Waals surface area contributed by atoms with Crippen LogP contribution in [0.1, 0.15) is 70.3 Å². The van der Waals surface area contributed by atoms with E-state index in [0.717, 1.165) is 11.1 Å². The van der Waals surface area contributed by atoms with E-state index < -0.39 is 47.4 Å². The average Bonchev–Trinajstić information content (AvgIpc) is 3.86. The topological polar surface area (TPSA) is 133 Å². The Morgan fingerprint density at radius 2 is 1.69 bits per heavy atom. The molecule has 266 valence electrons. The summed E-state index contributed by atoms with van der Waals surface area (Å²) in [5, 5.41) is 5.90. The molecule has 6 atom stereocenters. The monoisotopic (exact) mass is 716 g/mol. The summed E-state index contributed by atoms with van der Waals surface area (Å²) in [5.74, 6) is -1.73. The molecule has 0 bridgehead atoms. The maximum Gasteiger partial charge on any atom is 0.347 e. The number of ether oxygens (including phenoxy) is 4. The molecule has 2 N–H and O–H groups in total. The molecule has 10 nitrogen and oxygen atoms in total. The SMILES string of the molecule is COc1ccc(C[C@H]2NC(=O)/C=C/C[C@@H](C(C)[C@@H]3O[C@@H]3c3ccc(CCl)cc3)OC(=O)[C@H](CC(C)C)OC(=O)C(C)(C)CNC2=O)cc1Cl. The molecule has 2 aromatic rings. The van der Waals surface area contributed by atoms with E-state index in [0.29, 0.717) is 22.2 Å². The van der Waals surface area contributed by atoms with Crippen molar-refractivity contribution in [3.8, 4) is 5.75 Å². The van der Waals surface area contributed by atoms with Gasteiger partial charge in [-0.1, -0.05) is 68.8 Å². The second-order valence-corrected chi connectivity index (χ2v) is 14.4. The molecule has 12 heteroatoms. The zero-order valence-electron chi connectivity index (χ0n) is 28.8. The number of carbonyl (C=O) groups is 4. The van der Waals surface area contributed by atoms with Crippen LogP contribution in [0.2, 0.25) is 5.02 Å². The van der Waals surface area contributed by atoms with Crippen molar-refractivity contribution in [2.45, 2.75) is 90.2 Å². The van der Waals surface area contributed by atoms with Crippen LogP contribution in [0.15, 0.2) is 54.6 Å². The first-order valence-electron chi connectivity index (χ1n) is 16.5. The van der Waals surface area contributed by atoms with Crippen LogP contribution in [0.5, 0.6) is 5.75 Å². The molecule has 1 saturated heterocycles. The van der Waals surface area contributed by atoms with Crippen LogP contribution in [0, 0.1) is 17.3 Å². The molecule has 2 heterocycles. The third-order valence-electron chi connectivity index (χ3n) is 8.74. The lowest BCUT2D eigenvalue weighted by Gasteiger charge is -2.29. The first-order chi connectivity index (χ1) is 23.2. The minimum absolute atomic E-state index is 0.0116. The predicted molar refractivity (Wildman–Crippen MR) is 186 cm³/mol. The Hall–Kier alpha value is -3.60. The Morgan fingerprint density at radius 3 is 2.33 bits per heavy atom. The van der Waals surface area contributed by atoms with E-state index in [-0.39, 0.29) is 49.9 Å². The van der Waals surface area contributed by atoms with Crippen molar-refractivity contribution in [2.75, 3.05) is 13.7 Å². The summed E-state index contributed by atoms with van der Waals surface area (Å²) < 4.78 is 23.1. The molecule has 1 fully saturated rings. The minimum Gasteiger partial charge on any atom is -0.495 e. The van der Waals surface area contributed by atoms with Crippen molar-refractivity contribution >= 4 is 47.0 Å². The van der Waals surface area contributed by atoms with Crippen LogP contribution in [0.25, 0.3) is 0 Å². The van der Waals surface area contributed by atoms with E-state index in [9.17, 15) is 19.2 Å². The third-order valence-corrected chi connectivity index (χ3v) is 9.35. The lowest BCUT2D eigenvalue weighted by atomic mass is 9.92. The molecule has 0 aliphatic carbocycles. The first-order valence-corrected chi connectivity index (χ1v) is 17.4. The zero-order chi connectivity index (χ0) is 35.9. The van der Waals surface area contributed by atoms with Gasteiger partial charge in [-0.3, -0.25) is 14.4 Å². The number of benzene rings is 2. The van der Waals surface area contributed by atoms with Crippen molar-refractivity contribution in [3.05, 3.63) is 76.3 Å². The van der Waals surface area contributed by atoms with Crippen LogP contribution in [-0.4, -0.2) is 61.8 Å². The summed E-state index contributed by atoms with van der Waals surface area (Å²) in [6.45, 7) is 8.89. The molecule has 1 unspecified atom stereocenters. The Balaban J connectivity index is 1.60. The maximum atomic E-state index is 13.6. The van der Waals surface area contributed by atoms with Crippen molar-refractivity contribution in [1.82, 2.24) is 10.6 Å². The summed E-state index contributed by atoms with van der Waals surface area (Å²) >= 11 is 12.3. The van der Waals surface area contributed by atoms with Crippen LogP contribution in [0.4, 0.5) is 0 Å². The highest BCUT2D eigenvalue weighted by atomic mass is 35.5. The van der Waals surface area contributed by atoms with Gasteiger partial charge >= 0.3 is 11.9 Å². The van der Waals surface area contributed by atoms with E-state index in [1.807, 2.05) is 45.0 Å². The van der Waals surface area contributed by atoms with Gasteiger partial charge in [0.2, 0.25) is 11.8 Å². The molecular weight excluding hydrogens is 671 g/mol. The smallest absolute Gasteiger partial charge is 0.347 e. The zero-order valence-corrected chi connectivity index (χ0v) is 30.3. The fraction of sp³-hybridized carbons (Fsp3) is 0.514. The highest BCUT2D eigenvalue weighted by Gasteiger charge is 2.48. The Labute approximate surface area is 298 Å². The number of alkyl halides is 1. The van der Waals surface area contributed by atoms with Gasteiger partial charge in [0.15, 0.2) is 6.10 Å². The normalized spacial score (nSPS) is 26.2. The van der Waals surface area contributed by atoms with Crippen molar-refractivity contribution in [3.63, 3.8) is 0 Å². The van der Waals surface area contributed by atoms with Gasteiger partial charge in [0, 0.05) is 31.2 Å². The number of methoxy groups -OCH3 is 1. The summed E-state index contributed by atoms with van der Waals surface area (Å²) in [4.78, 5) is 53.7. The van der Waals surface area contributed by atoms with Gasteiger partial charge in [-0.05, 0) is 61.1 Å². The molecule has 49 heavy (non-hydrogen) atoms. The van der Waals surface area contributed by atoms with Gasteiger partial charge in [0.05, 0.1) is 23.7 Å². The molecule has 0 radical (unpaired) electrons. The minimum atomic E-state index is -1.21. The summed E-state index contributed by atoms with van der Waals surface area (Å²) in [6, 6.07) is 12.0. The quantitative estimate of drug-likeness (QED) is 0.187. The first kappa shape index (κ1) is 38.2. The third kappa shape index (κ3) is 10.4. The molecule has 4 rings (SSSR count). The molecule has 2 amide bonds. The van der Waals surface area contributed by atoms with Crippen LogP contribution < -0.4 is 15.4 Å². The standard InChI is InChI=1S/C37H46Cl2N2O8/c1-21(2)16-30-35(44)47-28(22(3)32-33(49-32)25-13-10-23(19-38)11-14-25)8-7-9-31(42)41-27(18-24-12-15-29(46-6)26(39)17-24)34(43)40-20-37(4,5)36(45)48-30/h7,9-15,17,21-22,27-28,30,32-33H,8,16,18-20H2,1-6H3,(H,40,43)(H,41,42)/b9-7+/t22?,27-,28+,30+,32+,33-/m1/s1. The van der Waals surface area contributed by atoms with E-state index >= 15 is 0 Å². The van der Waals surface area contributed by atoms with Crippen LogP contribution in [-0.2, 0) is 45.7 Å². The lowest BCUT2D eigenvalue weighted by Crippen LogP contribution is -2.51. The predicted octanol–water partition coefficient (Wildman–Crippen LogP) is 5.86. The van der Waals surface area contributed by atoms with Crippen LogP contribution >= 0.6 is 23.2 Å². The van der Waals surface area contributed by atoms with E-state index in [1.54, 1.807) is 38.1 Å². The summed E-state index contributed by atoms with van der Waals surface area (Å²) in [6.07, 6.45) is 1.17. The number of carbonyl (C=O) groups excluding carboxylic acids is 4. The van der Waals surface area contributed by atoms with Crippen molar-refractivity contribution in [2.24, 2.45) is 17.3 Å². The Bertz CT molecular complexity index is 1530. The van der Waals surface area contributed by atoms with Gasteiger partial charge in [-0.2, -0.15) is 0 Å². The van der Waals surface area contributed by atoms with E-state index in [2.05, 4.69) is 10.6 Å². The van der Waals surface area contributed by atoms with Gasteiger partial charge in [0.1, 0.15) is 24.0 Å². The number of epoxide rings is 1. The fourth-order valence-electron chi connectivity index (χ4n) is 5.62. The summed E-state index contributed by atoms with van der Waals surface area (Å²) in [7, 11) is 1.50. The second kappa shape index (κ2) is 16.9. The molecule has 2 aromatic carbocycles. The molecule has 2 aliphatic rings. The van der Waals surface area contributed by atoms with Gasteiger partial charge in [0.25, 0.3) is 0 Å². The number of nitrogens with one attached hydrogen (secondary N) is 2. The van der Waals surface area contributed by atoms with Crippen LogP contribution in [0.3, 0.4) is 0 Å². The molecule has 0 aromatic heterocycles. The molecule has 0 saturated carbocycles. The molecule has 0 spiro atoms. The largest absolute Gasteiger partial charge is 0.495 e. The number of amides is 2. The van der Waals surface area contributed by atoms with Gasteiger partial charge in [-0.25, -0.2) is 4.79 Å². The number of halogens is 2. The number of hydrogen-bond acceptors (Lipinski definition) is 8. The summed E-state index contributed by atoms with van der Waals surface area (Å²) in [5.41, 5.74) is 1.46. The fourth-order valence-corrected chi connectivity index (χ4v) is 6.08. The molecular formula is C37H46Cl2N2O8. The number of esters is 2. The molecule has 2 aliphatic heterocycles. The van der Waals surface area contributed by atoms with Crippen molar-refractivity contribution < 1.29 is 38.1 Å².